The summed E-state index contributed by atoms with van der Waals surface area (Å²) in [6.45, 7) is 0. The number of nitrogens with zero attached hydrogens (tertiary/aromatic N) is 2. The molecule has 0 spiro atoms. The largest absolute Gasteiger partial charge is 0.469 e. The van der Waals surface area contributed by atoms with Gasteiger partial charge in [0.1, 0.15) is 0 Å². The third-order valence-electron chi connectivity index (χ3n) is 2.09. The number of halogens is 1. The number of hydrogen-bond acceptors (Lipinski definition) is 3. The fourth-order valence-electron chi connectivity index (χ4n) is 1.34. The van der Waals surface area contributed by atoms with Crippen LogP contribution in [0, 0.1) is 0 Å². The summed E-state index contributed by atoms with van der Waals surface area (Å²) in [6.07, 6.45) is 2.01. The highest BCUT2D eigenvalue weighted by molar-refractivity contribution is 9.10. The molecule has 0 radical (unpaired) electrons. The molecule has 5 heteroatoms. The van der Waals surface area contributed by atoms with Gasteiger partial charge >= 0.3 is 5.97 Å². The number of pyridine rings is 1. The van der Waals surface area contributed by atoms with Gasteiger partial charge < -0.3 is 4.74 Å². The Labute approximate surface area is 95.0 Å². The summed E-state index contributed by atoms with van der Waals surface area (Å²) in [5, 5.41) is 4.27. The molecule has 0 atom stereocenters. The van der Waals surface area contributed by atoms with Crippen molar-refractivity contribution in [1.82, 2.24) is 9.61 Å². The van der Waals surface area contributed by atoms with E-state index in [4.69, 9.17) is 0 Å². The van der Waals surface area contributed by atoms with Crippen molar-refractivity contribution in [2.24, 2.45) is 0 Å². The van der Waals surface area contributed by atoms with Crippen LogP contribution in [0.1, 0.15) is 5.69 Å². The smallest absolute Gasteiger partial charge is 0.311 e. The van der Waals surface area contributed by atoms with E-state index in [0.717, 1.165) is 9.99 Å². The molecule has 4 nitrogen and oxygen atoms in total. The Balaban J connectivity index is 2.44. The maximum Gasteiger partial charge on any atom is 0.311 e. The number of ether oxygens (including phenoxy) is 1. The summed E-state index contributed by atoms with van der Waals surface area (Å²) >= 11 is 3.42. The highest BCUT2D eigenvalue weighted by atomic mass is 79.9. The molecule has 78 valence electrons. The van der Waals surface area contributed by atoms with Gasteiger partial charge in [-0.05, 0) is 28.1 Å². The summed E-state index contributed by atoms with van der Waals surface area (Å²) in [5.41, 5.74) is 1.63. The molecule has 0 amide bonds. The normalized spacial score (nSPS) is 10.5. The van der Waals surface area contributed by atoms with Crippen LogP contribution in [-0.4, -0.2) is 22.7 Å². The van der Waals surface area contributed by atoms with E-state index >= 15 is 0 Å². The Bertz CT molecular complexity index is 507. The molecule has 0 saturated carbocycles. The Morgan fingerprint density at radius 1 is 1.60 bits per heavy atom. The molecule has 0 unspecified atom stereocenters. The Morgan fingerprint density at radius 3 is 3.07 bits per heavy atom. The van der Waals surface area contributed by atoms with E-state index in [-0.39, 0.29) is 12.4 Å². The van der Waals surface area contributed by atoms with Crippen LogP contribution in [-0.2, 0) is 16.0 Å². The fourth-order valence-corrected chi connectivity index (χ4v) is 1.87. The first kappa shape index (κ1) is 10.2. The van der Waals surface area contributed by atoms with Crippen molar-refractivity contribution in [2.75, 3.05) is 7.11 Å². The predicted molar refractivity (Wildman–Crippen MR) is 58.6 cm³/mol. The third-order valence-corrected chi connectivity index (χ3v) is 2.95. The molecule has 0 aliphatic heterocycles. The summed E-state index contributed by atoms with van der Waals surface area (Å²) in [6, 6.07) is 5.73. The SMILES string of the molecule is COC(=O)Cc1nn2ccccc2c1Br. The fraction of sp³-hybridized carbons (Fsp3) is 0.200. The van der Waals surface area contributed by atoms with Gasteiger partial charge in [0.25, 0.3) is 0 Å². The van der Waals surface area contributed by atoms with Crippen LogP contribution in [0.25, 0.3) is 5.52 Å². The molecule has 0 N–H and O–H groups in total. The lowest BCUT2D eigenvalue weighted by Gasteiger charge is -1.94. The van der Waals surface area contributed by atoms with Crippen molar-refractivity contribution in [3.63, 3.8) is 0 Å². The summed E-state index contributed by atoms with van der Waals surface area (Å²) < 4.78 is 7.16. The Kier molecular flexibility index (Phi) is 2.73. The van der Waals surface area contributed by atoms with Crippen LogP contribution in [0.3, 0.4) is 0 Å². The van der Waals surface area contributed by atoms with Gasteiger partial charge in [-0.1, -0.05) is 6.07 Å². The minimum Gasteiger partial charge on any atom is -0.469 e. The minimum atomic E-state index is -0.292. The number of aromatic nitrogens is 2. The van der Waals surface area contributed by atoms with Crippen LogP contribution in [0.15, 0.2) is 28.9 Å². The van der Waals surface area contributed by atoms with E-state index in [1.165, 1.54) is 7.11 Å². The van der Waals surface area contributed by atoms with Gasteiger partial charge in [-0.25, -0.2) is 4.52 Å². The predicted octanol–water partition coefficient (Wildman–Crippen LogP) is 1.81. The highest BCUT2D eigenvalue weighted by Gasteiger charge is 2.13. The van der Waals surface area contributed by atoms with E-state index in [1.54, 1.807) is 4.52 Å². The number of carbonyl (C=O) groups is 1. The molecule has 0 aliphatic carbocycles. The summed E-state index contributed by atoms with van der Waals surface area (Å²) in [4.78, 5) is 11.1. The standard InChI is InChI=1S/C10H9BrN2O2/c1-15-9(14)6-7-10(11)8-4-2-3-5-13(8)12-7/h2-5H,6H2,1H3. The number of rotatable bonds is 2. The minimum absolute atomic E-state index is 0.179. The first-order valence-corrected chi connectivity index (χ1v) is 5.20. The van der Waals surface area contributed by atoms with Crippen molar-refractivity contribution in [3.8, 4) is 0 Å². The topological polar surface area (TPSA) is 43.6 Å². The van der Waals surface area contributed by atoms with Gasteiger partial charge in [0.05, 0.1) is 29.2 Å². The molecule has 0 fully saturated rings. The van der Waals surface area contributed by atoms with Crippen LogP contribution < -0.4 is 0 Å². The van der Waals surface area contributed by atoms with Crippen LogP contribution in [0.4, 0.5) is 0 Å². The molecule has 2 heterocycles. The van der Waals surface area contributed by atoms with E-state index < -0.39 is 0 Å². The van der Waals surface area contributed by atoms with Crippen molar-refractivity contribution < 1.29 is 9.53 Å². The highest BCUT2D eigenvalue weighted by Crippen LogP contribution is 2.22. The average Bonchev–Trinajstić information content (AvgIpc) is 2.57. The second-order valence-corrected chi connectivity index (χ2v) is 3.84. The zero-order chi connectivity index (χ0) is 10.8. The van der Waals surface area contributed by atoms with Gasteiger partial charge in [-0.3, -0.25) is 4.79 Å². The second kappa shape index (κ2) is 4.02. The maximum atomic E-state index is 11.1. The maximum absolute atomic E-state index is 11.1. The first-order chi connectivity index (χ1) is 7.22. The number of fused-ring (bicyclic) bond motifs is 1. The van der Waals surface area contributed by atoms with E-state index in [0.29, 0.717) is 5.69 Å². The average molecular weight is 269 g/mol. The quantitative estimate of drug-likeness (QED) is 0.781. The van der Waals surface area contributed by atoms with Crippen LogP contribution >= 0.6 is 15.9 Å². The van der Waals surface area contributed by atoms with Crippen molar-refractivity contribution in [1.29, 1.82) is 0 Å². The van der Waals surface area contributed by atoms with Crippen molar-refractivity contribution in [2.45, 2.75) is 6.42 Å². The van der Waals surface area contributed by atoms with Crippen LogP contribution in [0.2, 0.25) is 0 Å². The molecule has 15 heavy (non-hydrogen) atoms. The van der Waals surface area contributed by atoms with Gasteiger partial charge in [0, 0.05) is 6.20 Å². The summed E-state index contributed by atoms with van der Waals surface area (Å²) in [5.74, 6) is -0.292. The van der Waals surface area contributed by atoms with Crippen LogP contribution in [0.5, 0.6) is 0 Å². The molecular formula is C10H9BrN2O2. The lowest BCUT2D eigenvalue weighted by molar-refractivity contribution is -0.139. The van der Waals surface area contributed by atoms with Gasteiger partial charge in [-0.2, -0.15) is 5.10 Å². The lowest BCUT2D eigenvalue weighted by Crippen LogP contribution is -2.05. The molecule has 2 aromatic rings. The number of esters is 1. The monoisotopic (exact) mass is 268 g/mol. The van der Waals surface area contributed by atoms with Crippen molar-refractivity contribution >= 4 is 27.4 Å². The molecular weight excluding hydrogens is 260 g/mol. The third kappa shape index (κ3) is 1.87. The second-order valence-electron chi connectivity index (χ2n) is 3.04. The van der Waals surface area contributed by atoms with Gasteiger partial charge in [-0.15, -0.1) is 0 Å². The molecule has 0 aromatic carbocycles. The van der Waals surface area contributed by atoms with Crippen molar-refractivity contribution in [3.05, 3.63) is 34.6 Å². The van der Waals surface area contributed by atoms with Gasteiger partial charge in [0.15, 0.2) is 0 Å². The number of methoxy groups -OCH3 is 1. The molecule has 2 rings (SSSR count). The van der Waals surface area contributed by atoms with E-state index in [1.807, 2.05) is 24.4 Å². The zero-order valence-electron chi connectivity index (χ0n) is 8.11. The zero-order valence-corrected chi connectivity index (χ0v) is 9.69. The van der Waals surface area contributed by atoms with Gasteiger partial charge in [0.2, 0.25) is 0 Å². The molecule has 2 aromatic heterocycles. The number of carbonyl (C=O) groups excluding carboxylic acids is 1. The molecule has 0 aliphatic rings. The Hall–Kier alpha value is -1.36. The Morgan fingerprint density at radius 2 is 2.40 bits per heavy atom. The number of hydrogen-bond donors (Lipinski definition) is 0. The molecule has 0 bridgehead atoms. The molecule has 0 saturated heterocycles. The first-order valence-electron chi connectivity index (χ1n) is 4.41. The van der Waals surface area contributed by atoms with E-state index in [9.17, 15) is 4.79 Å². The van der Waals surface area contributed by atoms with E-state index in [2.05, 4.69) is 25.8 Å². The summed E-state index contributed by atoms with van der Waals surface area (Å²) in [7, 11) is 1.37. The lowest BCUT2D eigenvalue weighted by atomic mass is 10.3.